The van der Waals surface area contributed by atoms with E-state index in [2.05, 4.69) is 10.6 Å². The molecule has 0 aliphatic heterocycles. The Morgan fingerprint density at radius 3 is 2.22 bits per heavy atom. The highest BCUT2D eigenvalue weighted by Crippen LogP contribution is 2.32. The average Bonchev–Trinajstić information content (AvgIpc) is 2.61. The van der Waals surface area contributed by atoms with Gasteiger partial charge in [-0.05, 0) is 29.2 Å². The second-order valence-electron chi connectivity index (χ2n) is 7.24. The van der Waals surface area contributed by atoms with Gasteiger partial charge in [0.1, 0.15) is 0 Å². The van der Waals surface area contributed by atoms with Gasteiger partial charge in [-0.2, -0.15) is 0 Å². The van der Waals surface area contributed by atoms with Gasteiger partial charge >= 0.3 is 0 Å². The molecule has 2 N–H and O–H groups in total. The Hall–Kier alpha value is -3.22. The first-order valence-corrected chi connectivity index (χ1v) is 8.51. The highest BCUT2D eigenvalue weighted by Gasteiger charge is 2.26. The molecule has 7 heteroatoms. The van der Waals surface area contributed by atoms with Crippen molar-refractivity contribution in [1.29, 1.82) is 0 Å². The zero-order chi connectivity index (χ0) is 20.2. The Labute approximate surface area is 157 Å². The van der Waals surface area contributed by atoms with Gasteiger partial charge in [0.25, 0.3) is 11.6 Å². The number of nitro benzene ring substituents is 1. The molecule has 2 aromatic carbocycles. The summed E-state index contributed by atoms with van der Waals surface area (Å²) >= 11 is 0. The van der Waals surface area contributed by atoms with Gasteiger partial charge in [-0.15, -0.1) is 0 Å². The van der Waals surface area contributed by atoms with E-state index in [0.717, 1.165) is 5.56 Å². The van der Waals surface area contributed by atoms with Crippen molar-refractivity contribution in [3.05, 3.63) is 69.3 Å². The number of carbonyl (C=O) groups is 2. The van der Waals surface area contributed by atoms with Crippen LogP contribution in [-0.2, 0) is 16.6 Å². The minimum absolute atomic E-state index is 0.0731. The van der Waals surface area contributed by atoms with E-state index >= 15 is 0 Å². The van der Waals surface area contributed by atoms with Crippen LogP contribution in [-0.4, -0.2) is 23.8 Å². The van der Waals surface area contributed by atoms with Crippen molar-refractivity contribution in [2.24, 2.45) is 0 Å². The zero-order valence-corrected chi connectivity index (χ0v) is 15.8. The molecule has 0 bridgehead atoms. The number of anilines is 1. The fourth-order valence-electron chi connectivity index (χ4n) is 2.64. The van der Waals surface area contributed by atoms with Crippen molar-refractivity contribution < 1.29 is 14.5 Å². The molecule has 142 valence electrons. The minimum Gasteiger partial charge on any atom is -0.359 e. The van der Waals surface area contributed by atoms with Gasteiger partial charge in [0, 0.05) is 29.9 Å². The molecule has 2 aromatic rings. The van der Waals surface area contributed by atoms with Gasteiger partial charge in [0.15, 0.2) is 0 Å². The van der Waals surface area contributed by atoms with E-state index in [1.807, 2.05) is 20.8 Å². The molecule has 0 unspecified atom stereocenters. The monoisotopic (exact) mass is 369 g/mol. The van der Waals surface area contributed by atoms with Crippen LogP contribution in [0.25, 0.3) is 0 Å². The zero-order valence-electron chi connectivity index (χ0n) is 15.8. The number of nitrogens with one attached hydrogen (secondary N) is 2. The van der Waals surface area contributed by atoms with E-state index in [9.17, 15) is 19.7 Å². The molecular weight excluding hydrogens is 346 g/mol. The van der Waals surface area contributed by atoms with Crippen molar-refractivity contribution in [3.8, 4) is 0 Å². The van der Waals surface area contributed by atoms with Crippen molar-refractivity contribution in [2.75, 3.05) is 12.4 Å². The minimum atomic E-state index is -0.467. The predicted molar refractivity (Wildman–Crippen MR) is 104 cm³/mol. The van der Waals surface area contributed by atoms with Crippen molar-refractivity contribution in [1.82, 2.24) is 5.32 Å². The van der Waals surface area contributed by atoms with Gasteiger partial charge in [0.05, 0.1) is 11.3 Å². The Morgan fingerprint density at radius 1 is 1.07 bits per heavy atom. The van der Waals surface area contributed by atoms with E-state index in [1.54, 1.807) is 43.4 Å². The van der Waals surface area contributed by atoms with E-state index < -0.39 is 16.2 Å². The number of likely N-dealkylation sites (N-methyl/N-ethyl adjacent to an activating group) is 1. The Balaban J connectivity index is 2.19. The number of hydrogen-bond acceptors (Lipinski definition) is 4. The van der Waals surface area contributed by atoms with Crippen LogP contribution in [0.15, 0.2) is 42.5 Å². The summed E-state index contributed by atoms with van der Waals surface area (Å²) < 4.78 is 0. The summed E-state index contributed by atoms with van der Waals surface area (Å²) in [4.78, 5) is 34.8. The first-order chi connectivity index (χ1) is 12.6. The SMILES string of the molecule is CNC(=O)Cc1ccc(NC(=O)c2ccc(C(C)(C)C)c([N+](=O)[O-])c2)cc1. The Bertz CT molecular complexity index is 868. The lowest BCUT2D eigenvalue weighted by molar-refractivity contribution is -0.386. The topological polar surface area (TPSA) is 101 Å². The van der Waals surface area contributed by atoms with Crippen molar-refractivity contribution in [3.63, 3.8) is 0 Å². The maximum absolute atomic E-state index is 12.5. The number of rotatable bonds is 5. The lowest BCUT2D eigenvalue weighted by Crippen LogP contribution is -2.20. The molecule has 0 aliphatic rings. The van der Waals surface area contributed by atoms with Gasteiger partial charge in [-0.25, -0.2) is 0 Å². The predicted octanol–water partition coefficient (Wildman–Crippen LogP) is 3.43. The lowest BCUT2D eigenvalue weighted by Gasteiger charge is -2.19. The third-order valence-electron chi connectivity index (χ3n) is 4.12. The first-order valence-electron chi connectivity index (χ1n) is 8.51. The van der Waals surface area contributed by atoms with Crippen LogP contribution in [0, 0.1) is 10.1 Å². The normalized spacial score (nSPS) is 11.0. The highest BCUT2D eigenvalue weighted by atomic mass is 16.6. The lowest BCUT2D eigenvalue weighted by atomic mass is 9.85. The summed E-state index contributed by atoms with van der Waals surface area (Å²) in [6, 6.07) is 11.4. The van der Waals surface area contributed by atoms with E-state index in [0.29, 0.717) is 11.3 Å². The van der Waals surface area contributed by atoms with Crippen LogP contribution in [0.1, 0.15) is 42.3 Å². The number of carbonyl (C=O) groups excluding carboxylic acids is 2. The van der Waals surface area contributed by atoms with Gasteiger partial charge in [-0.1, -0.05) is 39.0 Å². The Morgan fingerprint density at radius 2 is 1.70 bits per heavy atom. The molecule has 0 saturated carbocycles. The fraction of sp³-hybridized carbons (Fsp3) is 0.300. The van der Waals surface area contributed by atoms with Gasteiger partial charge < -0.3 is 10.6 Å². The van der Waals surface area contributed by atoms with Crippen LogP contribution in [0.3, 0.4) is 0 Å². The summed E-state index contributed by atoms with van der Waals surface area (Å²) in [6.07, 6.45) is 0.255. The number of benzene rings is 2. The number of nitrogens with zero attached hydrogens (tertiary/aromatic N) is 1. The highest BCUT2D eigenvalue weighted by molar-refractivity contribution is 6.04. The summed E-state index contributed by atoms with van der Waals surface area (Å²) in [6.45, 7) is 5.65. The maximum Gasteiger partial charge on any atom is 0.273 e. The molecule has 0 saturated heterocycles. The molecule has 27 heavy (non-hydrogen) atoms. The molecule has 0 aromatic heterocycles. The first kappa shape index (κ1) is 20.1. The molecule has 0 radical (unpaired) electrons. The molecule has 7 nitrogen and oxygen atoms in total. The van der Waals surface area contributed by atoms with Crippen molar-refractivity contribution >= 4 is 23.2 Å². The molecule has 0 fully saturated rings. The Kier molecular flexibility index (Phi) is 5.95. The third-order valence-corrected chi connectivity index (χ3v) is 4.12. The number of hydrogen-bond donors (Lipinski definition) is 2. The molecule has 2 amide bonds. The summed E-state index contributed by atoms with van der Waals surface area (Å²) in [5.41, 5.74) is 1.67. The largest absolute Gasteiger partial charge is 0.359 e. The quantitative estimate of drug-likeness (QED) is 0.623. The van der Waals surface area contributed by atoms with E-state index in [1.165, 1.54) is 6.07 Å². The van der Waals surface area contributed by atoms with Crippen LogP contribution >= 0.6 is 0 Å². The van der Waals surface area contributed by atoms with Crippen LogP contribution < -0.4 is 10.6 Å². The fourth-order valence-corrected chi connectivity index (χ4v) is 2.64. The maximum atomic E-state index is 12.5. The van der Waals surface area contributed by atoms with Crippen LogP contribution in [0.5, 0.6) is 0 Å². The summed E-state index contributed by atoms with van der Waals surface area (Å²) in [7, 11) is 1.57. The van der Waals surface area contributed by atoms with Crippen LogP contribution in [0.2, 0.25) is 0 Å². The standard InChI is InChI=1S/C20H23N3O4/c1-20(2,3)16-10-7-14(12-17(16)23(26)27)19(25)22-15-8-5-13(6-9-15)11-18(24)21-4/h5-10,12H,11H2,1-4H3,(H,21,24)(H,22,25). The second-order valence-corrected chi connectivity index (χ2v) is 7.24. The van der Waals surface area contributed by atoms with E-state index in [-0.39, 0.29) is 23.6 Å². The summed E-state index contributed by atoms with van der Waals surface area (Å²) in [5.74, 6) is -0.532. The molecule has 0 spiro atoms. The van der Waals surface area contributed by atoms with Crippen LogP contribution in [0.4, 0.5) is 11.4 Å². The second kappa shape index (κ2) is 7.99. The molecular formula is C20H23N3O4. The van der Waals surface area contributed by atoms with Gasteiger partial charge in [-0.3, -0.25) is 19.7 Å². The van der Waals surface area contributed by atoms with Gasteiger partial charge in [0.2, 0.25) is 5.91 Å². The average molecular weight is 369 g/mol. The number of nitro groups is 1. The molecule has 0 atom stereocenters. The summed E-state index contributed by atoms with van der Waals surface area (Å²) in [5, 5.41) is 16.7. The molecule has 0 heterocycles. The molecule has 2 rings (SSSR count). The smallest absolute Gasteiger partial charge is 0.273 e. The molecule has 0 aliphatic carbocycles. The number of amides is 2. The van der Waals surface area contributed by atoms with E-state index in [4.69, 9.17) is 0 Å². The van der Waals surface area contributed by atoms with Crippen molar-refractivity contribution in [2.45, 2.75) is 32.6 Å². The third kappa shape index (κ3) is 5.13.